The van der Waals surface area contributed by atoms with Crippen LogP contribution in [-0.4, -0.2) is 5.97 Å². The third-order valence-corrected chi connectivity index (χ3v) is 2.50. The van der Waals surface area contributed by atoms with Gasteiger partial charge in [0.05, 0.1) is 5.56 Å². The van der Waals surface area contributed by atoms with E-state index >= 15 is 0 Å². The van der Waals surface area contributed by atoms with E-state index in [0.717, 1.165) is 30.6 Å². The molecule has 2 rings (SSSR count). The number of rotatable bonds is 3. The SMILES string of the molecule is CCCCC=C1OC(=O)c2ccccc21. The van der Waals surface area contributed by atoms with E-state index in [0.29, 0.717) is 5.56 Å². The summed E-state index contributed by atoms with van der Waals surface area (Å²) in [6.45, 7) is 2.15. The molecular weight excluding hydrogens is 188 g/mol. The molecule has 0 aromatic heterocycles. The molecular formula is C13H14O2. The number of benzene rings is 1. The van der Waals surface area contributed by atoms with Crippen LogP contribution in [0.2, 0.25) is 0 Å². The quantitative estimate of drug-likeness (QED) is 0.554. The minimum absolute atomic E-state index is 0.228. The number of esters is 1. The largest absolute Gasteiger partial charge is 0.423 e. The van der Waals surface area contributed by atoms with Gasteiger partial charge in [-0.1, -0.05) is 31.5 Å². The Bertz CT molecular complexity index is 405. The monoisotopic (exact) mass is 202 g/mol. The fraction of sp³-hybridized carbons (Fsp3) is 0.308. The lowest BCUT2D eigenvalue weighted by molar-refractivity contribution is 0.0715. The van der Waals surface area contributed by atoms with Gasteiger partial charge in [0, 0.05) is 5.56 Å². The molecule has 2 heteroatoms. The smallest absolute Gasteiger partial charge is 0.344 e. The summed E-state index contributed by atoms with van der Waals surface area (Å²) in [6.07, 6.45) is 5.25. The highest BCUT2D eigenvalue weighted by Gasteiger charge is 2.24. The molecule has 1 aliphatic rings. The molecule has 0 spiro atoms. The molecule has 0 bridgehead atoms. The fourth-order valence-corrected chi connectivity index (χ4v) is 1.67. The first-order valence-electron chi connectivity index (χ1n) is 5.34. The second kappa shape index (κ2) is 4.30. The number of ether oxygens (including phenoxy) is 1. The van der Waals surface area contributed by atoms with Crippen molar-refractivity contribution in [3.05, 3.63) is 41.5 Å². The Morgan fingerprint density at radius 2 is 2.00 bits per heavy atom. The van der Waals surface area contributed by atoms with Crippen molar-refractivity contribution in [2.75, 3.05) is 0 Å². The summed E-state index contributed by atoms with van der Waals surface area (Å²) < 4.78 is 5.20. The van der Waals surface area contributed by atoms with Gasteiger partial charge in [0.15, 0.2) is 0 Å². The summed E-state index contributed by atoms with van der Waals surface area (Å²) in [5.74, 6) is 0.498. The van der Waals surface area contributed by atoms with Crippen molar-refractivity contribution in [3.8, 4) is 0 Å². The van der Waals surface area contributed by atoms with Gasteiger partial charge in [-0.05, 0) is 25.0 Å². The first-order chi connectivity index (χ1) is 7.33. The van der Waals surface area contributed by atoms with Crippen LogP contribution in [0, 0.1) is 0 Å². The molecule has 0 fully saturated rings. The molecule has 0 N–H and O–H groups in total. The number of carbonyl (C=O) groups excluding carboxylic acids is 1. The Hall–Kier alpha value is -1.57. The van der Waals surface area contributed by atoms with E-state index in [1.165, 1.54) is 0 Å². The van der Waals surface area contributed by atoms with Crippen LogP contribution in [0.1, 0.15) is 42.1 Å². The maximum absolute atomic E-state index is 11.4. The van der Waals surface area contributed by atoms with E-state index in [9.17, 15) is 4.79 Å². The Labute approximate surface area is 89.6 Å². The summed E-state index contributed by atoms with van der Waals surface area (Å²) >= 11 is 0. The highest BCUT2D eigenvalue weighted by atomic mass is 16.5. The number of fused-ring (bicyclic) bond motifs is 1. The van der Waals surface area contributed by atoms with Crippen molar-refractivity contribution < 1.29 is 9.53 Å². The van der Waals surface area contributed by atoms with Gasteiger partial charge in [-0.25, -0.2) is 4.79 Å². The Balaban J connectivity index is 2.24. The van der Waals surface area contributed by atoms with E-state index in [1.54, 1.807) is 6.07 Å². The van der Waals surface area contributed by atoms with Crippen LogP contribution in [0.5, 0.6) is 0 Å². The summed E-state index contributed by atoms with van der Waals surface area (Å²) in [5.41, 5.74) is 1.61. The Morgan fingerprint density at radius 1 is 1.27 bits per heavy atom. The first-order valence-corrected chi connectivity index (χ1v) is 5.34. The molecule has 1 heterocycles. The van der Waals surface area contributed by atoms with Gasteiger partial charge in [0.2, 0.25) is 0 Å². The Morgan fingerprint density at radius 3 is 2.73 bits per heavy atom. The van der Waals surface area contributed by atoms with Crippen LogP contribution >= 0.6 is 0 Å². The van der Waals surface area contributed by atoms with Crippen LogP contribution in [0.25, 0.3) is 5.76 Å². The topological polar surface area (TPSA) is 26.3 Å². The van der Waals surface area contributed by atoms with Crippen molar-refractivity contribution in [2.45, 2.75) is 26.2 Å². The second-order valence-corrected chi connectivity index (χ2v) is 3.65. The number of unbranched alkanes of at least 4 members (excludes halogenated alkanes) is 2. The van der Waals surface area contributed by atoms with Crippen molar-refractivity contribution in [1.29, 1.82) is 0 Å². The molecule has 15 heavy (non-hydrogen) atoms. The zero-order valence-electron chi connectivity index (χ0n) is 8.82. The molecule has 0 aliphatic carbocycles. The average Bonchev–Trinajstić information content (AvgIpc) is 2.58. The minimum Gasteiger partial charge on any atom is -0.423 e. The van der Waals surface area contributed by atoms with Crippen LogP contribution in [0.15, 0.2) is 30.3 Å². The van der Waals surface area contributed by atoms with Gasteiger partial charge in [-0.3, -0.25) is 0 Å². The number of hydrogen-bond donors (Lipinski definition) is 0. The standard InChI is InChI=1S/C13H14O2/c1-2-3-4-9-12-10-7-5-6-8-11(10)13(14)15-12/h5-9H,2-4H2,1H3. The second-order valence-electron chi connectivity index (χ2n) is 3.65. The molecule has 0 amide bonds. The molecule has 0 unspecified atom stereocenters. The fourth-order valence-electron chi connectivity index (χ4n) is 1.67. The van der Waals surface area contributed by atoms with Gasteiger partial charge < -0.3 is 4.74 Å². The van der Waals surface area contributed by atoms with Crippen LogP contribution in [0.3, 0.4) is 0 Å². The van der Waals surface area contributed by atoms with Crippen molar-refractivity contribution in [3.63, 3.8) is 0 Å². The van der Waals surface area contributed by atoms with E-state index < -0.39 is 0 Å². The van der Waals surface area contributed by atoms with Crippen LogP contribution in [-0.2, 0) is 4.74 Å². The molecule has 1 aromatic rings. The Kier molecular flexibility index (Phi) is 2.86. The highest BCUT2D eigenvalue weighted by molar-refractivity contribution is 6.02. The van der Waals surface area contributed by atoms with E-state index in [1.807, 2.05) is 24.3 Å². The third-order valence-electron chi connectivity index (χ3n) is 2.50. The number of hydrogen-bond acceptors (Lipinski definition) is 2. The molecule has 0 saturated carbocycles. The third kappa shape index (κ3) is 1.94. The number of cyclic esters (lactones) is 1. The molecule has 0 atom stereocenters. The van der Waals surface area contributed by atoms with Gasteiger partial charge in [0.1, 0.15) is 5.76 Å². The maximum atomic E-state index is 11.4. The predicted octanol–water partition coefficient (Wildman–Crippen LogP) is 3.39. The summed E-state index contributed by atoms with van der Waals surface area (Å²) in [4.78, 5) is 11.4. The normalized spacial score (nSPS) is 16.6. The van der Waals surface area contributed by atoms with Gasteiger partial charge in [-0.15, -0.1) is 0 Å². The van der Waals surface area contributed by atoms with Crippen molar-refractivity contribution >= 4 is 11.7 Å². The number of allylic oxidation sites excluding steroid dienone is 1. The van der Waals surface area contributed by atoms with E-state index in [4.69, 9.17) is 4.74 Å². The maximum Gasteiger partial charge on any atom is 0.344 e. The molecule has 1 aliphatic heterocycles. The molecule has 1 aromatic carbocycles. The molecule has 0 saturated heterocycles. The van der Waals surface area contributed by atoms with Crippen LogP contribution in [0.4, 0.5) is 0 Å². The van der Waals surface area contributed by atoms with E-state index in [-0.39, 0.29) is 5.97 Å². The molecule has 2 nitrogen and oxygen atoms in total. The zero-order valence-corrected chi connectivity index (χ0v) is 8.82. The number of carbonyl (C=O) groups is 1. The van der Waals surface area contributed by atoms with Crippen molar-refractivity contribution in [1.82, 2.24) is 0 Å². The summed E-state index contributed by atoms with van der Waals surface area (Å²) in [5, 5.41) is 0. The lowest BCUT2D eigenvalue weighted by Crippen LogP contribution is -1.92. The lowest BCUT2D eigenvalue weighted by atomic mass is 10.1. The van der Waals surface area contributed by atoms with Crippen LogP contribution < -0.4 is 0 Å². The molecule has 78 valence electrons. The summed E-state index contributed by atoms with van der Waals surface area (Å²) in [6, 6.07) is 7.51. The minimum atomic E-state index is -0.228. The van der Waals surface area contributed by atoms with Gasteiger partial charge >= 0.3 is 5.97 Å². The first kappa shape index (κ1) is 9.97. The lowest BCUT2D eigenvalue weighted by Gasteiger charge is -1.97. The van der Waals surface area contributed by atoms with E-state index in [2.05, 4.69) is 6.92 Å². The summed E-state index contributed by atoms with van der Waals surface area (Å²) in [7, 11) is 0. The average molecular weight is 202 g/mol. The van der Waals surface area contributed by atoms with Gasteiger partial charge in [-0.2, -0.15) is 0 Å². The molecule has 0 radical (unpaired) electrons. The van der Waals surface area contributed by atoms with Gasteiger partial charge in [0.25, 0.3) is 0 Å². The van der Waals surface area contributed by atoms with Crippen molar-refractivity contribution in [2.24, 2.45) is 0 Å². The highest BCUT2D eigenvalue weighted by Crippen LogP contribution is 2.29. The predicted molar refractivity (Wildman–Crippen MR) is 59.4 cm³/mol. The zero-order chi connectivity index (χ0) is 10.7.